The Morgan fingerprint density at radius 3 is 2.67 bits per heavy atom. The third-order valence-electron chi connectivity index (χ3n) is 1.31. The summed E-state index contributed by atoms with van der Waals surface area (Å²) in [5, 5.41) is 0. The second kappa shape index (κ2) is 4.55. The molecule has 1 aromatic rings. The quantitative estimate of drug-likeness (QED) is 0.608. The van der Waals surface area contributed by atoms with E-state index in [-0.39, 0.29) is 0 Å². The van der Waals surface area contributed by atoms with Crippen LogP contribution in [-0.4, -0.2) is 6.08 Å². The number of carbonyl (C=O) groups excluding carboxylic acids is 1. The summed E-state index contributed by atoms with van der Waals surface area (Å²) < 4.78 is 1.95. The standard InChI is InChI=1S/C8H5Br2NO/c9-7-2-1-6(3-8(7)10)4-11-5-12/h1-3H,4H2. The average molecular weight is 291 g/mol. The SMILES string of the molecule is O=C=NCc1ccc(Br)c(Br)c1. The summed E-state index contributed by atoms with van der Waals surface area (Å²) in [6.07, 6.45) is 1.50. The second-order valence-corrected chi connectivity index (χ2v) is 3.86. The Hall–Kier alpha value is -0.440. The number of benzene rings is 1. The van der Waals surface area contributed by atoms with Crippen molar-refractivity contribution in [3.05, 3.63) is 32.7 Å². The third-order valence-corrected chi connectivity index (χ3v) is 3.19. The number of isocyanates is 1. The van der Waals surface area contributed by atoms with Crippen LogP contribution in [0, 0.1) is 0 Å². The molecule has 0 spiro atoms. The zero-order chi connectivity index (χ0) is 8.97. The minimum atomic E-state index is 0.384. The lowest BCUT2D eigenvalue weighted by atomic mass is 10.2. The third kappa shape index (κ3) is 2.55. The number of nitrogens with zero attached hydrogens (tertiary/aromatic N) is 1. The molecule has 0 aliphatic carbocycles. The predicted octanol–water partition coefficient (Wildman–Crippen LogP) is 3.05. The van der Waals surface area contributed by atoms with E-state index < -0.39 is 0 Å². The second-order valence-electron chi connectivity index (χ2n) is 2.16. The molecule has 0 aliphatic heterocycles. The van der Waals surface area contributed by atoms with Gasteiger partial charge in [0.05, 0.1) is 6.54 Å². The van der Waals surface area contributed by atoms with Gasteiger partial charge >= 0.3 is 0 Å². The lowest BCUT2D eigenvalue weighted by Crippen LogP contribution is -1.80. The van der Waals surface area contributed by atoms with Crippen LogP contribution in [-0.2, 0) is 11.3 Å². The first-order valence-electron chi connectivity index (χ1n) is 3.21. The van der Waals surface area contributed by atoms with Crippen LogP contribution in [0.1, 0.15) is 5.56 Å². The molecular formula is C8H5Br2NO. The fourth-order valence-electron chi connectivity index (χ4n) is 0.762. The zero-order valence-electron chi connectivity index (χ0n) is 6.05. The Morgan fingerprint density at radius 2 is 2.08 bits per heavy atom. The predicted molar refractivity (Wildman–Crippen MR) is 53.7 cm³/mol. The van der Waals surface area contributed by atoms with E-state index in [4.69, 9.17) is 0 Å². The van der Waals surface area contributed by atoms with E-state index in [1.54, 1.807) is 0 Å². The summed E-state index contributed by atoms with van der Waals surface area (Å²) >= 11 is 6.69. The molecule has 0 saturated heterocycles. The van der Waals surface area contributed by atoms with Crippen LogP contribution in [0.5, 0.6) is 0 Å². The Labute approximate surface area is 87.0 Å². The molecule has 1 rings (SSSR count). The van der Waals surface area contributed by atoms with Crippen molar-refractivity contribution < 1.29 is 4.79 Å². The molecule has 1 aromatic carbocycles. The summed E-state index contributed by atoms with van der Waals surface area (Å²) in [5.74, 6) is 0. The maximum absolute atomic E-state index is 9.82. The summed E-state index contributed by atoms with van der Waals surface area (Å²) in [6, 6.07) is 5.71. The van der Waals surface area contributed by atoms with Gasteiger partial charge in [0.1, 0.15) is 0 Å². The molecular weight excluding hydrogens is 286 g/mol. The van der Waals surface area contributed by atoms with Crippen molar-refractivity contribution in [1.82, 2.24) is 0 Å². The molecule has 0 amide bonds. The van der Waals surface area contributed by atoms with E-state index in [1.807, 2.05) is 18.2 Å². The van der Waals surface area contributed by atoms with Crippen molar-refractivity contribution in [2.24, 2.45) is 4.99 Å². The maximum Gasteiger partial charge on any atom is 0.235 e. The first kappa shape index (κ1) is 9.65. The van der Waals surface area contributed by atoms with Gasteiger partial charge in [0.15, 0.2) is 0 Å². The van der Waals surface area contributed by atoms with Crippen LogP contribution in [0.4, 0.5) is 0 Å². The molecule has 0 fully saturated rings. The summed E-state index contributed by atoms with van der Waals surface area (Å²) in [6.45, 7) is 0.384. The molecule has 0 bridgehead atoms. The first-order valence-corrected chi connectivity index (χ1v) is 4.80. The van der Waals surface area contributed by atoms with Gasteiger partial charge in [-0.1, -0.05) is 6.07 Å². The minimum absolute atomic E-state index is 0.384. The number of rotatable bonds is 2. The Morgan fingerprint density at radius 1 is 1.33 bits per heavy atom. The minimum Gasteiger partial charge on any atom is -0.211 e. The van der Waals surface area contributed by atoms with Crippen molar-refractivity contribution >= 4 is 37.9 Å². The maximum atomic E-state index is 9.82. The van der Waals surface area contributed by atoms with Crippen LogP contribution >= 0.6 is 31.9 Å². The lowest BCUT2D eigenvalue weighted by Gasteiger charge is -1.98. The van der Waals surface area contributed by atoms with E-state index in [0.717, 1.165) is 14.5 Å². The molecule has 0 unspecified atom stereocenters. The molecule has 0 heterocycles. The smallest absolute Gasteiger partial charge is 0.211 e. The molecule has 0 aromatic heterocycles. The Kier molecular flexibility index (Phi) is 3.66. The first-order chi connectivity index (χ1) is 5.74. The van der Waals surface area contributed by atoms with Crippen molar-refractivity contribution in [3.8, 4) is 0 Å². The van der Waals surface area contributed by atoms with Crippen LogP contribution in [0.2, 0.25) is 0 Å². The summed E-state index contributed by atoms with van der Waals surface area (Å²) in [4.78, 5) is 13.3. The number of hydrogen-bond donors (Lipinski definition) is 0. The van der Waals surface area contributed by atoms with Gasteiger partial charge in [-0.3, -0.25) is 0 Å². The average Bonchev–Trinajstić information content (AvgIpc) is 2.07. The van der Waals surface area contributed by atoms with Gasteiger partial charge in [-0.15, -0.1) is 0 Å². The highest BCUT2D eigenvalue weighted by Crippen LogP contribution is 2.23. The Bertz CT molecular complexity index is 332. The topological polar surface area (TPSA) is 29.4 Å². The molecule has 0 aliphatic rings. The van der Waals surface area contributed by atoms with Gasteiger partial charge < -0.3 is 0 Å². The monoisotopic (exact) mass is 289 g/mol. The number of hydrogen-bond acceptors (Lipinski definition) is 2. The molecule has 4 heteroatoms. The fourth-order valence-corrected chi connectivity index (χ4v) is 1.43. The van der Waals surface area contributed by atoms with Crippen molar-refractivity contribution in [2.75, 3.05) is 0 Å². The molecule has 62 valence electrons. The van der Waals surface area contributed by atoms with Crippen molar-refractivity contribution in [2.45, 2.75) is 6.54 Å². The summed E-state index contributed by atoms with van der Waals surface area (Å²) in [7, 11) is 0. The van der Waals surface area contributed by atoms with E-state index >= 15 is 0 Å². The summed E-state index contributed by atoms with van der Waals surface area (Å²) in [5.41, 5.74) is 0.980. The molecule has 2 nitrogen and oxygen atoms in total. The molecule has 0 N–H and O–H groups in total. The molecule has 0 atom stereocenters. The highest BCUT2D eigenvalue weighted by atomic mass is 79.9. The Balaban J connectivity index is 2.89. The van der Waals surface area contributed by atoms with Gasteiger partial charge in [-0.05, 0) is 49.6 Å². The van der Waals surface area contributed by atoms with Gasteiger partial charge in [-0.2, -0.15) is 0 Å². The van der Waals surface area contributed by atoms with Gasteiger partial charge in [0, 0.05) is 8.95 Å². The highest BCUT2D eigenvalue weighted by molar-refractivity contribution is 9.13. The normalized spacial score (nSPS) is 9.17. The molecule has 12 heavy (non-hydrogen) atoms. The largest absolute Gasteiger partial charge is 0.235 e. The van der Waals surface area contributed by atoms with Gasteiger partial charge in [-0.25, -0.2) is 9.79 Å². The number of halogens is 2. The highest BCUT2D eigenvalue weighted by Gasteiger charge is 1.96. The van der Waals surface area contributed by atoms with Crippen LogP contribution in [0.25, 0.3) is 0 Å². The molecule has 0 saturated carbocycles. The zero-order valence-corrected chi connectivity index (χ0v) is 9.22. The van der Waals surface area contributed by atoms with E-state index in [0.29, 0.717) is 6.54 Å². The van der Waals surface area contributed by atoms with Gasteiger partial charge in [0.25, 0.3) is 0 Å². The van der Waals surface area contributed by atoms with Crippen LogP contribution in [0.3, 0.4) is 0 Å². The van der Waals surface area contributed by atoms with Crippen LogP contribution < -0.4 is 0 Å². The fraction of sp³-hybridized carbons (Fsp3) is 0.125. The van der Waals surface area contributed by atoms with Crippen molar-refractivity contribution in [1.29, 1.82) is 0 Å². The van der Waals surface area contributed by atoms with E-state index in [1.165, 1.54) is 6.08 Å². The number of aliphatic imine (C=N–C) groups is 1. The van der Waals surface area contributed by atoms with Crippen molar-refractivity contribution in [3.63, 3.8) is 0 Å². The molecule has 0 radical (unpaired) electrons. The van der Waals surface area contributed by atoms with E-state index in [2.05, 4.69) is 36.9 Å². The lowest BCUT2D eigenvalue weighted by molar-refractivity contribution is 0.563. The van der Waals surface area contributed by atoms with Crippen LogP contribution in [0.15, 0.2) is 32.1 Å². The van der Waals surface area contributed by atoms with Gasteiger partial charge in [0.2, 0.25) is 6.08 Å². The van der Waals surface area contributed by atoms with E-state index in [9.17, 15) is 4.79 Å².